The van der Waals surface area contributed by atoms with Crippen molar-refractivity contribution < 1.29 is 19.1 Å². The number of aromatic nitrogens is 1. The Morgan fingerprint density at radius 1 is 1.15 bits per heavy atom. The zero-order valence-electron chi connectivity index (χ0n) is 15.6. The third-order valence-electron chi connectivity index (χ3n) is 4.99. The van der Waals surface area contributed by atoms with Crippen LogP contribution < -0.4 is 15.1 Å². The van der Waals surface area contributed by atoms with Crippen LogP contribution in [0.5, 0.6) is 0 Å². The van der Waals surface area contributed by atoms with E-state index in [0.29, 0.717) is 6.54 Å². The number of benzene rings is 1. The second kappa shape index (κ2) is 9.50. The fourth-order valence-corrected chi connectivity index (χ4v) is 3.52. The van der Waals surface area contributed by atoms with Gasteiger partial charge < -0.3 is 19.6 Å². The molecule has 0 bridgehead atoms. The average molecular weight is 358 g/mol. The highest BCUT2D eigenvalue weighted by Crippen LogP contribution is 2.01. The van der Waals surface area contributed by atoms with Gasteiger partial charge in [-0.05, 0) is 25.3 Å². The molecule has 1 fully saturated rings. The SMILES string of the molecule is Cc1cc(C[NH+]2CC[NH+](CC(=O)NCCCc3ccccc3)CC2)no1. The van der Waals surface area contributed by atoms with Crippen molar-refractivity contribution >= 4 is 5.91 Å². The van der Waals surface area contributed by atoms with E-state index in [1.165, 1.54) is 15.4 Å². The van der Waals surface area contributed by atoms with E-state index in [0.717, 1.165) is 63.6 Å². The molecule has 6 heteroatoms. The van der Waals surface area contributed by atoms with Crippen LogP contribution in [0, 0.1) is 6.92 Å². The summed E-state index contributed by atoms with van der Waals surface area (Å²) >= 11 is 0. The number of rotatable bonds is 8. The summed E-state index contributed by atoms with van der Waals surface area (Å²) in [6.07, 6.45) is 2.00. The number of piperazine rings is 1. The van der Waals surface area contributed by atoms with Gasteiger partial charge in [-0.25, -0.2) is 0 Å². The Balaban J connectivity index is 1.28. The molecule has 1 aromatic carbocycles. The molecule has 3 rings (SSSR count). The molecule has 0 saturated carbocycles. The third kappa shape index (κ3) is 5.97. The number of quaternary nitrogens is 2. The topological polar surface area (TPSA) is 64.0 Å². The molecule has 1 saturated heterocycles. The molecular formula is C20H30N4O2+2. The molecule has 6 nitrogen and oxygen atoms in total. The van der Waals surface area contributed by atoms with Crippen molar-refractivity contribution in [2.45, 2.75) is 26.3 Å². The highest BCUT2D eigenvalue weighted by atomic mass is 16.5. The summed E-state index contributed by atoms with van der Waals surface area (Å²) in [5.41, 5.74) is 2.35. The molecule has 26 heavy (non-hydrogen) atoms. The Morgan fingerprint density at radius 2 is 1.88 bits per heavy atom. The highest BCUT2D eigenvalue weighted by Gasteiger charge is 2.25. The van der Waals surface area contributed by atoms with Gasteiger partial charge in [0.2, 0.25) is 0 Å². The normalized spacial score (nSPS) is 20.0. The van der Waals surface area contributed by atoms with Gasteiger partial charge in [0.05, 0.1) is 0 Å². The average Bonchev–Trinajstić information content (AvgIpc) is 3.06. The van der Waals surface area contributed by atoms with Gasteiger partial charge in [-0.3, -0.25) is 4.79 Å². The van der Waals surface area contributed by atoms with Gasteiger partial charge in [0.25, 0.3) is 5.91 Å². The van der Waals surface area contributed by atoms with Gasteiger partial charge in [-0.2, -0.15) is 0 Å². The molecular weight excluding hydrogens is 328 g/mol. The molecule has 0 spiro atoms. The maximum Gasteiger partial charge on any atom is 0.275 e. The van der Waals surface area contributed by atoms with Crippen molar-refractivity contribution in [1.29, 1.82) is 0 Å². The predicted octanol–water partition coefficient (Wildman–Crippen LogP) is -0.985. The molecule has 0 atom stereocenters. The van der Waals surface area contributed by atoms with Crippen LogP contribution in [0.2, 0.25) is 0 Å². The minimum absolute atomic E-state index is 0.170. The van der Waals surface area contributed by atoms with E-state index < -0.39 is 0 Å². The highest BCUT2D eigenvalue weighted by molar-refractivity contribution is 5.76. The molecule has 0 radical (unpaired) electrons. The molecule has 3 N–H and O–H groups in total. The second-order valence-corrected chi connectivity index (χ2v) is 7.22. The van der Waals surface area contributed by atoms with Gasteiger partial charge in [0.1, 0.15) is 44.2 Å². The minimum Gasteiger partial charge on any atom is -0.361 e. The molecule has 2 aromatic rings. The smallest absolute Gasteiger partial charge is 0.275 e. The molecule has 0 unspecified atom stereocenters. The van der Waals surface area contributed by atoms with Crippen molar-refractivity contribution in [3.8, 4) is 0 Å². The van der Waals surface area contributed by atoms with Crippen LogP contribution in [-0.4, -0.2) is 50.3 Å². The van der Waals surface area contributed by atoms with Gasteiger partial charge in [-0.1, -0.05) is 35.5 Å². The molecule has 1 aliphatic heterocycles. The molecule has 1 aliphatic rings. The number of hydrogen-bond acceptors (Lipinski definition) is 3. The lowest BCUT2D eigenvalue weighted by atomic mass is 10.1. The fraction of sp³-hybridized carbons (Fsp3) is 0.500. The summed E-state index contributed by atoms with van der Waals surface area (Å²) in [5, 5.41) is 7.14. The van der Waals surface area contributed by atoms with Crippen LogP contribution in [0.1, 0.15) is 23.4 Å². The summed E-state index contributed by atoms with van der Waals surface area (Å²) < 4.78 is 5.13. The second-order valence-electron chi connectivity index (χ2n) is 7.22. The van der Waals surface area contributed by atoms with Gasteiger partial charge >= 0.3 is 0 Å². The number of amides is 1. The number of nitrogens with one attached hydrogen (secondary N) is 3. The van der Waals surface area contributed by atoms with Crippen molar-refractivity contribution in [2.75, 3.05) is 39.3 Å². The summed E-state index contributed by atoms with van der Waals surface area (Å²) in [7, 11) is 0. The molecule has 1 amide bonds. The maximum absolute atomic E-state index is 12.1. The molecule has 140 valence electrons. The van der Waals surface area contributed by atoms with Crippen molar-refractivity contribution in [3.05, 3.63) is 53.4 Å². The van der Waals surface area contributed by atoms with Crippen LogP contribution in [0.3, 0.4) is 0 Å². The van der Waals surface area contributed by atoms with E-state index in [9.17, 15) is 4.79 Å². The van der Waals surface area contributed by atoms with Crippen LogP contribution in [0.4, 0.5) is 0 Å². The van der Waals surface area contributed by atoms with Crippen LogP contribution in [0.15, 0.2) is 40.9 Å². The lowest BCUT2D eigenvalue weighted by Crippen LogP contribution is -3.28. The summed E-state index contributed by atoms with van der Waals surface area (Å²) in [6, 6.07) is 12.4. The predicted molar refractivity (Wildman–Crippen MR) is 99.0 cm³/mol. The zero-order valence-corrected chi connectivity index (χ0v) is 15.6. The summed E-state index contributed by atoms with van der Waals surface area (Å²) in [5.74, 6) is 1.04. The van der Waals surface area contributed by atoms with E-state index in [1.54, 1.807) is 0 Å². The van der Waals surface area contributed by atoms with Crippen LogP contribution >= 0.6 is 0 Å². The Labute approximate surface area is 155 Å². The lowest BCUT2D eigenvalue weighted by molar-refractivity contribution is -1.02. The third-order valence-corrected chi connectivity index (χ3v) is 4.99. The first-order valence-corrected chi connectivity index (χ1v) is 9.59. The lowest BCUT2D eigenvalue weighted by Gasteiger charge is -2.28. The number of nitrogens with zero attached hydrogens (tertiary/aromatic N) is 1. The molecule has 1 aromatic heterocycles. The minimum atomic E-state index is 0.170. The monoisotopic (exact) mass is 358 g/mol. The number of hydrogen-bond donors (Lipinski definition) is 3. The summed E-state index contributed by atoms with van der Waals surface area (Å²) in [6.45, 7) is 8.38. The van der Waals surface area contributed by atoms with E-state index in [1.807, 2.05) is 19.1 Å². The van der Waals surface area contributed by atoms with E-state index >= 15 is 0 Å². The van der Waals surface area contributed by atoms with Gasteiger partial charge in [0, 0.05) is 12.6 Å². The zero-order chi connectivity index (χ0) is 18.2. The van der Waals surface area contributed by atoms with Crippen LogP contribution in [-0.2, 0) is 17.8 Å². The Kier molecular flexibility index (Phi) is 6.80. The van der Waals surface area contributed by atoms with E-state index in [-0.39, 0.29) is 5.91 Å². The quantitative estimate of drug-likeness (QED) is 0.532. The van der Waals surface area contributed by atoms with Gasteiger partial charge in [0.15, 0.2) is 6.54 Å². The van der Waals surface area contributed by atoms with Crippen molar-refractivity contribution in [2.24, 2.45) is 0 Å². The number of carbonyl (C=O) groups excluding carboxylic acids is 1. The van der Waals surface area contributed by atoms with Crippen molar-refractivity contribution in [1.82, 2.24) is 10.5 Å². The Morgan fingerprint density at radius 3 is 2.58 bits per heavy atom. The standard InChI is InChI=1S/C20H28N4O2/c1-17-14-19(22-26-17)15-23-10-12-24(13-11-23)16-20(25)21-9-5-8-18-6-3-2-4-7-18/h2-4,6-7,14H,5,8-13,15-16H2,1H3,(H,21,25)/p+2. The van der Waals surface area contributed by atoms with Crippen LogP contribution in [0.25, 0.3) is 0 Å². The molecule has 2 heterocycles. The Hall–Kier alpha value is -2.18. The Bertz CT molecular complexity index is 678. The first-order valence-electron chi connectivity index (χ1n) is 9.59. The van der Waals surface area contributed by atoms with E-state index in [4.69, 9.17) is 4.52 Å². The van der Waals surface area contributed by atoms with Gasteiger partial charge in [-0.15, -0.1) is 0 Å². The largest absolute Gasteiger partial charge is 0.361 e. The van der Waals surface area contributed by atoms with E-state index in [2.05, 4.69) is 34.7 Å². The number of aryl methyl sites for hydroxylation is 2. The number of carbonyl (C=O) groups is 1. The molecule has 0 aliphatic carbocycles. The summed E-state index contributed by atoms with van der Waals surface area (Å²) in [4.78, 5) is 15.0. The first kappa shape index (κ1) is 18.6. The first-order chi connectivity index (χ1) is 12.7. The fourth-order valence-electron chi connectivity index (χ4n) is 3.52. The maximum atomic E-state index is 12.1. The van der Waals surface area contributed by atoms with Crippen molar-refractivity contribution in [3.63, 3.8) is 0 Å².